The molecule has 0 saturated heterocycles. The second-order valence-corrected chi connectivity index (χ2v) is 7.29. The SMILES string of the molecule is CCC1CCCCC1OC1CC(Cl)C12CCCC2. The molecule has 1 nitrogen and oxygen atoms in total. The average molecular weight is 271 g/mol. The molecule has 0 radical (unpaired) electrons. The number of ether oxygens (including phenoxy) is 1. The van der Waals surface area contributed by atoms with E-state index in [2.05, 4.69) is 6.92 Å². The molecule has 0 N–H and O–H groups in total. The molecule has 4 unspecified atom stereocenters. The minimum atomic E-state index is 0.372. The Morgan fingerprint density at radius 2 is 1.83 bits per heavy atom. The molecule has 3 aliphatic rings. The molecular weight excluding hydrogens is 244 g/mol. The van der Waals surface area contributed by atoms with Gasteiger partial charge >= 0.3 is 0 Å². The van der Waals surface area contributed by atoms with E-state index in [4.69, 9.17) is 16.3 Å². The van der Waals surface area contributed by atoms with Gasteiger partial charge in [0.2, 0.25) is 0 Å². The van der Waals surface area contributed by atoms with Gasteiger partial charge in [0.05, 0.1) is 12.2 Å². The highest BCUT2D eigenvalue weighted by molar-refractivity contribution is 6.21. The third-order valence-corrected chi connectivity index (χ3v) is 6.54. The lowest BCUT2D eigenvalue weighted by Crippen LogP contribution is -2.56. The maximum absolute atomic E-state index is 6.55. The summed E-state index contributed by atoms with van der Waals surface area (Å²) in [6, 6.07) is 0. The Labute approximate surface area is 117 Å². The maximum Gasteiger partial charge on any atom is 0.0663 e. The van der Waals surface area contributed by atoms with Crippen molar-refractivity contribution in [2.45, 2.75) is 88.7 Å². The minimum Gasteiger partial charge on any atom is -0.374 e. The number of rotatable bonds is 3. The Hall–Kier alpha value is 0.250. The van der Waals surface area contributed by atoms with E-state index >= 15 is 0 Å². The lowest BCUT2D eigenvalue weighted by atomic mass is 9.64. The average Bonchev–Trinajstić information content (AvgIpc) is 2.91. The molecule has 3 aliphatic carbocycles. The van der Waals surface area contributed by atoms with E-state index in [1.165, 1.54) is 57.8 Å². The van der Waals surface area contributed by atoms with Crippen LogP contribution in [-0.2, 0) is 4.74 Å². The molecule has 0 bridgehead atoms. The first kappa shape index (κ1) is 13.2. The third kappa shape index (κ3) is 2.12. The van der Waals surface area contributed by atoms with Crippen molar-refractivity contribution in [3.8, 4) is 0 Å². The van der Waals surface area contributed by atoms with E-state index in [0.717, 1.165) is 12.3 Å². The van der Waals surface area contributed by atoms with Gasteiger partial charge in [-0.25, -0.2) is 0 Å². The Morgan fingerprint density at radius 1 is 1.11 bits per heavy atom. The number of alkyl halides is 1. The summed E-state index contributed by atoms with van der Waals surface area (Å²) in [4.78, 5) is 0. The van der Waals surface area contributed by atoms with Crippen molar-refractivity contribution in [2.75, 3.05) is 0 Å². The standard InChI is InChI=1S/C16H27ClO/c1-2-12-7-3-4-8-13(12)18-15-11-14(17)16(15)9-5-6-10-16/h12-15H,2-11H2,1H3. The molecule has 1 spiro atoms. The Morgan fingerprint density at radius 3 is 2.50 bits per heavy atom. The monoisotopic (exact) mass is 270 g/mol. The smallest absolute Gasteiger partial charge is 0.0663 e. The van der Waals surface area contributed by atoms with E-state index in [1.807, 2.05) is 0 Å². The Kier molecular flexibility index (Phi) is 3.92. The van der Waals surface area contributed by atoms with Crippen molar-refractivity contribution in [3.63, 3.8) is 0 Å². The van der Waals surface area contributed by atoms with Crippen LogP contribution < -0.4 is 0 Å². The molecule has 0 amide bonds. The second kappa shape index (κ2) is 5.32. The minimum absolute atomic E-state index is 0.372. The van der Waals surface area contributed by atoms with Gasteiger partial charge in [0.25, 0.3) is 0 Å². The highest BCUT2D eigenvalue weighted by Crippen LogP contribution is 2.57. The lowest BCUT2D eigenvalue weighted by molar-refractivity contribution is -0.158. The first-order valence-electron chi connectivity index (χ1n) is 8.06. The van der Waals surface area contributed by atoms with Crippen molar-refractivity contribution < 1.29 is 4.74 Å². The van der Waals surface area contributed by atoms with Gasteiger partial charge in [-0.15, -0.1) is 11.6 Å². The van der Waals surface area contributed by atoms with E-state index < -0.39 is 0 Å². The van der Waals surface area contributed by atoms with Gasteiger partial charge in [-0.3, -0.25) is 0 Å². The summed E-state index contributed by atoms with van der Waals surface area (Å²) in [5.41, 5.74) is 0.372. The normalized spacial score (nSPS) is 43.0. The van der Waals surface area contributed by atoms with Gasteiger partial charge in [0, 0.05) is 10.8 Å². The molecule has 3 saturated carbocycles. The zero-order valence-corrected chi connectivity index (χ0v) is 12.4. The van der Waals surface area contributed by atoms with Gasteiger partial charge in [0.15, 0.2) is 0 Å². The van der Waals surface area contributed by atoms with Crippen LogP contribution in [0.25, 0.3) is 0 Å². The van der Waals surface area contributed by atoms with Crippen LogP contribution in [0.5, 0.6) is 0 Å². The topological polar surface area (TPSA) is 9.23 Å². The summed E-state index contributed by atoms with van der Waals surface area (Å²) >= 11 is 6.51. The van der Waals surface area contributed by atoms with Gasteiger partial charge in [-0.05, 0) is 38.0 Å². The fourth-order valence-electron chi connectivity index (χ4n) is 4.59. The highest BCUT2D eigenvalue weighted by Gasteiger charge is 2.56. The summed E-state index contributed by atoms with van der Waals surface area (Å²) in [6.07, 6.45) is 14.2. The van der Waals surface area contributed by atoms with Crippen LogP contribution >= 0.6 is 11.6 Å². The quantitative estimate of drug-likeness (QED) is 0.662. The number of hydrogen-bond donors (Lipinski definition) is 0. The van der Waals surface area contributed by atoms with E-state index in [1.54, 1.807) is 0 Å². The van der Waals surface area contributed by atoms with Crippen LogP contribution in [0, 0.1) is 11.3 Å². The van der Waals surface area contributed by atoms with Crippen molar-refractivity contribution in [1.82, 2.24) is 0 Å². The van der Waals surface area contributed by atoms with Gasteiger partial charge < -0.3 is 4.74 Å². The predicted molar refractivity (Wildman–Crippen MR) is 76.1 cm³/mol. The van der Waals surface area contributed by atoms with Crippen molar-refractivity contribution in [3.05, 3.63) is 0 Å². The molecular formula is C16H27ClO. The maximum atomic E-state index is 6.55. The molecule has 0 aromatic rings. The van der Waals surface area contributed by atoms with Crippen LogP contribution in [0.3, 0.4) is 0 Å². The van der Waals surface area contributed by atoms with E-state index in [9.17, 15) is 0 Å². The summed E-state index contributed by atoms with van der Waals surface area (Å²) in [5.74, 6) is 0.812. The van der Waals surface area contributed by atoms with Crippen molar-refractivity contribution in [2.24, 2.45) is 11.3 Å². The second-order valence-electron chi connectivity index (χ2n) is 6.76. The molecule has 0 aliphatic heterocycles. The molecule has 0 aromatic carbocycles. The van der Waals surface area contributed by atoms with Gasteiger partial charge in [0.1, 0.15) is 0 Å². The number of hydrogen-bond acceptors (Lipinski definition) is 1. The van der Waals surface area contributed by atoms with Crippen LogP contribution in [0.1, 0.15) is 71.1 Å². The fourth-order valence-corrected chi connectivity index (χ4v) is 5.11. The van der Waals surface area contributed by atoms with Crippen LogP contribution in [0.4, 0.5) is 0 Å². The van der Waals surface area contributed by atoms with E-state index in [0.29, 0.717) is 23.0 Å². The van der Waals surface area contributed by atoms with Gasteiger partial charge in [-0.1, -0.05) is 39.0 Å². The summed E-state index contributed by atoms with van der Waals surface area (Å²) in [7, 11) is 0. The molecule has 2 heteroatoms. The van der Waals surface area contributed by atoms with Crippen LogP contribution in [0.2, 0.25) is 0 Å². The number of halogens is 1. The van der Waals surface area contributed by atoms with Crippen LogP contribution in [-0.4, -0.2) is 17.6 Å². The molecule has 3 fully saturated rings. The highest BCUT2D eigenvalue weighted by atomic mass is 35.5. The fraction of sp³-hybridized carbons (Fsp3) is 1.00. The van der Waals surface area contributed by atoms with Crippen molar-refractivity contribution in [1.29, 1.82) is 0 Å². The predicted octanol–water partition coefficient (Wildman–Crippen LogP) is 4.91. The molecule has 0 aromatic heterocycles. The summed E-state index contributed by atoms with van der Waals surface area (Å²) in [6.45, 7) is 2.32. The molecule has 0 heterocycles. The largest absolute Gasteiger partial charge is 0.374 e. The Bertz CT molecular complexity index is 285. The van der Waals surface area contributed by atoms with E-state index in [-0.39, 0.29) is 0 Å². The third-order valence-electron chi connectivity index (χ3n) is 5.92. The zero-order valence-electron chi connectivity index (χ0n) is 11.7. The first-order chi connectivity index (χ1) is 8.76. The van der Waals surface area contributed by atoms with Gasteiger partial charge in [-0.2, -0.15) is 0 Å². The molecule has 18 heavy (non-hydrogen) atoms. The summed E-state index contributed by atoms with van der Waals surface area (Å²) in [5, 5.41) is 0.397. The van der Waals surface area contributed by atoms with Crippen LogP contribution in [0.15, 0.2) is 0 Å². The van der Waals surface area contributed by atoms with Crippen molar-refractivity contribution >= 4 is 11.6 Å². The molecule has 104 valence electrons. The molecule has 3 rings (SSSR count). The summed E-state index contributed by atoms with van der Waals surface area (Å²) < 4.78 is 6.55. The first-order valence-corrected chi connectivity index (χ1v) is 8.49. The zero-order chi connectivity index (χ0) is 12.6. The lowest BCUT2D eigenvalue weighted by Gasteiger charge is -2.53. The molecule has 4 atom stereocenters. The Balaban J connectivity index is 1.62.